The first-order chi connectivity index (χ1) is 16.1. The number of thiophene rings is 1. The monoisotopic (exact) mass is 485 g/mol. The molecule has 11 heteroatoms. The van der Waals surface area contributed by atoms with Crippen LogP contribution in [0.3, 0.4) is 0 Å². The molecular formula is C23H23N3O7S. The SMILES string of the molecule is COC(=O)c1sc(NC(=O)COC(=O)/C(C#N)=C/c2ccc(N(C)C)cc2)c(C(=O)OC)c1C. The minimum absolute atomic E-state index is 0.00800. The van der Waals surface area contributed by atoms with Crippen molar-refractivity contribution in [2.75, 3.05) is 45.1 Å². The molecule has 0 aliphatic rings. The Hall–Kier alpha value is -4.17. The molecule has 1 aromatic carbocycles. The Bertz CT molecular complexity index is 1170. The van der Waals surface area contributed by atoms with E-state index in [-0.39, 0.29) is 26.6 Å². The Balaban J connectivity index is 2.12. The molecule has 0 radical (unpaired) electrons. The third kappa shape index (κ3) is 6.20. The molecule has 0 aliphatic heterocycles. The fraction of sp³-hybridized carbons (Fsp3) is 0.261. The number of nitrogens with zero attached hydrogens (tertiary/aromatic N) is 2. The van der Waals surface area contributed by atoms with E-state index >= 15 is 0 Å². The third-order valence-corrected chi connectivity index (χ3v) is 5.74. The van der Waals surface area contributed by atoms with Gasteiger partial charge >= 0.3 is 17.9 Å². The largest absolute Gasteiger partial charge is 0.465 e. The van der Waals surface area contributed by atoms with Crippen LogP contribution in [0.4, 0.5) is 10.7 Å². The van der Waals surface area contributed by atoms with E-state index in [4.69, 9.17) is 9.47 Å². The zero-order chi connectivity index (χ0) is 25.4. The molecular weight excluding hydrogens is 462 g/mol. The summed E-state index contributed by atoms with van der Waals surface area (Å²) >= 11 is 0.826. The van der Waals surface area contributed by atoms with Gasteiger partial charge < -0.3 is 24.4 Å². The number of nitriles is 1. The molecule has 1 aromatic heterocycles. The van der Waals surface area contributed by atoms with Crippen molar-refractivity contribution in [3.8, 4) is 6.07 Å². The second-order valence-electron chi connectivity index (χ2n) is 7.02. The quantitative estimate of drug-likeness (QED) is 0.259. The lowest BCUT2D eigenvalue weighted by Crippen LogP contribution is -2.22. The van der Waals surface area contributed by atoms with E-state index in [1.165, 1.54) is 20.1 Å². The van der Waals surface area contributed by atoms with E-state index in [1.54, 1.807) is 18.2 Å². The van der Waals surface area contributed by atoms with Crippen molar-refractivity contribution >= 4 is 51.9 Å². The molecule has 2 rings (SSSR count). The van der Waals surface area contributed by atoms with Gasteiger partial charge in [-0.25, -0.2) is 14.4 Å². The number of esters is 3. The molecule has 0 atom stereocenters. The molecule has 1 amide bonds. The van der Waals surface area contributed by atoms with Crippen LogP contribution in [0, 0.1) is 18.3 Å². The highest BCUT2D eigenvalue weighted by molar-refractivity contribution is 7.18. The fourth-order valence-electron chi connectivity index (χ4n) is 2.78. The molecule has 1 N–H and O–H groups in total. The summed E-state index contributed by atoms with van der Waals surface area (Å²) in [4.78, 5) is 50.7. The van der Waals surface area contributed by atoms with Gasteiger partial charge in [0, 0.05) is 19.8 Å². The summed E-state index contributed by atoms with van der Waals surface area (Å²) in [6, 6.07) is 8.87. The predicted molar refractivity (Wildman–Crippen MR) is 126 cm³/mol. The van der Waals surface area contributed by atoms with Crippen LogP contribution in [0.5, 0.6) is 0 Å². The van der Waals surface area contributed by atoms with Gasteiger partial charge in [-0.3, -0.25) is 4.79 Å². The van der Waals surface area contributed by atoms with E-state index in [9.17, 15) is 24.4 Å². The van der Waals surface area contributed by atoms with Crippen LogP contribution in [0.25, 0.3) is 6.08 Å². The first-order valence-electron chi connectivity index (χ1n) is 9.79. The van der Waals surface area contributed by atoms with Gasteiger partial charge in [0.25, 0.3) is 5.91 Å². The van der Waals surface area contributed by atoms with Gasteiger partial charge in [0.05, 0.1) is 19.8 Å². The summed E-state index contributed by atoms with van der Waals surface area (Å²) in [7, 11) is 6.12. The van der Waals surface area contributed by atoms with Crippen molar-refractivity contribution in [1.29, 1.82) is 5.26 Å². The van der Waals surface area contributed by atoms with Crippen LogP contribution in [-0.2, 0) is 23.8 Å². The summed E-state index contributed by atoms with van der Waals surface area (Å²) in [5.74, 6) is -3.20. The number of methoxy groups -OCH3 is 2. The Labute approximate surface area is 200 Å². The van der Waals surface area contributed by atoms with Crippen LogP contribution >= 0.6 is 11.3 Å². The van der Waals surface area contributed by atoms with E-state index in [0.29, 0.717) is 5.56 Å². The number of nitrogens with one attached hydrogen (secondary N) is 1. The molecule has 178 valence electrons. The second-order valence-corrected chi connectivity index (χ2v) is 8.04. The molecule has 0 spiro atoms. The highest BCUT2D eigenvalue weighted by Gasteiger charge is 2.27. The van der Waals surface area contributed by atoms with Crippen LogP contribution in [0.1, 0.15) is 31.2 Å². The highest BCUT2D eigenvalue weighted by Crippen LogP contribution is 2.34. The maximum absolute atomic E-state index is 12.4. The lowest BCUT2D eigenvalue weighted by Gasteiger charge is -2.11. The summed E-state index contributed by atoms with van der Waals surface area (Å²) in [6.45, 7) is 0.794. The normalized spacial score (nSPS) is 10.6. The lowest BCUT2D eigenvalue weighted by molar-refractivity contribution is -0.142. The number of carbonyl (C=O) groups excluding carboxylic acids is 4. The molecule has 0 bridgehead atoms. The maximum atomic E-state index is 12.4. The number of benzene rings is 1. The molecule has 34 heavy (non-hydrogen) atoms. The van der Waals surface area contributed by atoms with Crippen molar-refractivity contribution in [2.45, 2.75) is 6.92 Å². The van der Waals surface area contributed by atoms with Gasteiger partial charge in [-0.05, 0) is 36.3 Å². The zero-order valence-corrected chi connectivity index (χ0v) is 20.1. The predicted octanol–water partition coefficient (Wildman–Crippen LogP) is 2.78. The number of carbonyl (C=O) groups is 4. The van der Waals surface area contributed by atoms with Crippen LogP contribution in [-0.4, -0.2) is 58.7 Å². The van der Waals surface area contributed by atoms with E-state index in [1.807, 2.05) is 31.1 Å². The number of anilines is 2. The topological polar surface area (TPSA) is 135 Å². The molecule has 2 aromatic rings. The van der Waals surface area contributed by atoms with E-state index in [0.717, 1.165) is 24.1 Å². The van der Waals surface area contributed by atoms with Gasteiger partial charge in [0.1, 0.15) is 21.5 Å². The Kier molecular flexibility index (Phi) is 8.92. The first-order valence-corrected chi connectivity index (χ1v) is 10.6. The van der Waals surface area contributed by atoms with Gasteiger partial charge in [-0.15, -0.1) is 11.3 Å². The average Bonchev–Trinajstić information content (AvgIpc) is 3.15. The minimum atomic E-state index is -0.986. The molecule has 0 fully saturated rings. The highest BCUT2D eigenvalue weighted by atomic mass is 32.1. The second kappa shape index (κ2) is 11.6. The lowest BCUT2D eigenvalue weighted by atomic mass is 10.1. The molecule has 0 saturated carbocycles. The number of rotatable bonds is 8. The smallest absolute Gasteiger partial charge is 0.349 e. The standard InChI is InChI=1S/C23H23N3O7S/c1-13-18(22(29)31-4)20(34-19(13)23(30)32-5)25-17(27)12-33-21(28)15(11-24)10-14-6-8-16(9-7-14)26(2)3/h6-10H,12H2,1-5H3,(H,25,27)/b15-10+. The number of ether oxygens (including phenoxy) is 3. The molecule has 0 unspecified atom stereocenters. The summed E-state index contributed by atoms with van der Waals surface area (Å²) in [5.41, 5.74) is 1.54. The first kappa shape index (κ1) is 26.1. The fourth-order valence-corrected chi connectivity index (χ4v) is 3.91. The van der Waals surface area contributed by atoms with Crippen molar-refractivity contribution in [3.63, 3.8) is 0 Å². The zero-order valence-electron chi connectivity index (χ0n) is 19.3. The van der Waals surface area contributed by atoms with Gasteiger partial charge in [-0.2, -0.15) is 5.26 Å². The number of hydrogen-bond acceptors (Lipinski definition) is 10. The van der Waals surface area contributed by atoms with Crippen LogP contribution in [0.2, 0.25) is 0 Å². The Morgan fingerprint density at radius 1 is 1.09 bits per heavy atom. The summed E-state index contributed by atoms with van der Waals surface area (Å²) in [5, 5.41) is 11.8. The Morgan fingerprint density at radius 3 is 2.24 bits per heavy atom. The molecule has 10 nitrogen and oxygen atoms in total. The van der Waals surface area contributed by atoms with Gasteiger partial charge in [0.2, 0.25) is 0 Å². The molecule has 0 saturated heterocycles. The van der Waals surface area contributed by atoms with Crippen molar-refractivity contribution in [2.24, 2.45) is 0 Å². The van der Waals surface area contributed by atoms with E-state index in [2.05, 4.69) is 10.1 Å². The van der Waals surface area contributed by atoms with E-state index < -0.39 is 30.4 Å². The molecule has 0 aliphatic carbocycles. The van der Waals surface area contributed by atoms with Crippen molar-refractivity contribution < 1.29 is 33.4 Å². The van der Waals surface area contributed by atoms with Gasteiger partial charge in [0.15, 0.2) is 6.61 Å². The van der Waals surface area contributed by atoms with Crippen LogP contribution in [0.15, 0.2) is 29.8 Å². The average molecular weight is 486 g/mol. The van der Waals surface area contributed by atoms with Crippen molar-refractivity contribution in [3.05, 3.63) is 51.4 Å². The van der Waals surface area contributed by atoms with Gasteiger partial charge in [-0.1, -0.05) is 12.1 Å². The van der Waals surface area contributed by atoms with Crippen molar-refractivity contribution in [1.82, 2.24) is 0 Å². The maximum Gasteiger partial charge on any atom is 0.349 e. The third-order valence-electron chi connectivity index (χ3n) is 4.56. The molecule has 1 heterocycles. The number of hydrogen-bond donors (Lipinski definition) is 1. The number of amides is 1. The van der Waals surface area contributed by atoms with Crippen LogP contribution < -0.4 is 10.2 Å². The minimum Gasteiger partial charge on any atom is -0.465 e. The summed E-state index contributed by atoms with van der Waals surface area (Å²) in [6.07, 6.45) is 1.35. The Morgan fingerprint density at radius 2 is 1.71 bits per heavy atom. The summed E-state index contributed by atoms with van der Waals surface area (Å²) < 4.78 is 14.3.